The van der Waals surface area contributed by atoms with E-state index in [0.29, 0.717) is 0 Å². The van der Waals surface area contributed by atoms with E-state index in [4.69, 9.17) is 4.42 Å². The Balaban J connectivity index is 1.12. The van der Waals surface area contributed by atoms with Gasteiger partial charge in [-0.25, -0.2) is 0 Å². The van der Waals surface area contributed by atoms with E-state index in [1.54, 1.807) is 0 Å². The summed E-state index contributed by atoms with van der Waals surface area (Å²) in [6.07, 6.45) is 0. The van der Waals surface area contributed by atoms with Gasteiger partial charge in [-0.2, -0.15) is 0 Å². The summed E-state index contributed by atoms with van der Waals surface area (Å²) in [6.45, 7) is 4.69. The highest BCUT2D eigenvalue weighted by molar-refractivity contribution is 6.26. The van der Waals surface area contributed by atoms with Gasteiger partial charge in [0.1, 0.15) is 5.58 Å². The zero-order valence-corrected chi connectivity index (χ0v) is 30.1. The number of nitrogens with zero attached hydrogens (tertiary/aromatic N) is 2. The van der Waals surface area contributed by atoms with E-state index < -0.39 is 0 Å². The van der Waals surface area contributed by atoms with Crippen molar-refractivity contribution < 1.29 is 4.42 Å². The molecule has 0 bridgehead atoms. The number of benzene rings is 8. The van der Waals surface area contributed by atoms with Crippen molar-refractivity contribution in [3.05, 3.63) is 193 Å². The van der Waals surface area contributed by atoms with Crippen LogP contribution in [-0.2, 0) is 5.41 Å². The zero-order chi connectivity index (χ0) is 36.0. The predicted molar refractivity (Wildman–Crippen MR) is 226 cm³/mol. The lowest BCUT2D eigenvalue weighted by atomic mass is 9.82. The molecule has 0 saturated heterocycles. The minimum Gasteiger partial charge on any atom is -0.454 e. The topological polar surface area (TPSA) is 21.3 Å². The third-order valence-electron chi connectivity index (χ3n) is 11.6. The van der Waals surface area contributed by atoms with Gasteiger partial charge in [-0.05, 0) is 100 Å². The molecule has 0 atom stereocenters. The van der Waals surface area contributed by atoms with E-state index in [2.05, 4.69) is 199 Å². The second-order valence-corrected chi connectivity index (χ2v) is 14.9. The molecule has 1 aliphatic carbocycles. The summed E-state index contributed by atoms with van der Waals surface area (Å²) in [6, 6.07) is 65.8. The Morgan fingerprint density at radius 1 is 0.481 bits per heavy atom. The van der Waals surface area contributed by atoms with Crippen molar-refractivity contribution in [3.8, 4) is 27.9 Å². The number of furan rings is 1. The van der Waals surface area contributed by atoms with Crippen LogP contribution in [-0.4, -0.2) is 4.57 Å². The predicted octanol–water partition coefficient (Wildman–Crippen LogP) is 14.1. The average molecular weight is 693 g/mol. The van der Waals surface area contributed by atoms with E-state index in [1.165, 1.54) is 38.6 Å². The van der Waals surface area contributed by atoms with Crippen LogP contribution >= 0.6 is 0 Å². The third-order valence-corrected chi connectivity index (χ3v) is 11.6. The molecule has 256 valence electrons. The molecule has 1 aliphatic rings. The average Bonchev–Trinajstić information content (AvgIpc) is 3.85. The summed E-state index contributed by atoms with van der Waals surface area (Å²) in [4.78, 5) is 2.38. The maximum atomic E-state index is 6.74. The maximum absolute atomic E-state index is 6.74. The van der Waals surface area contributed by atoms with Crippen LogP contribution in [0.2, 0.25) is 0 Å². The summed E-state index contributed by atoms with van der Waals surface area (Å²) >= 11 is 0. The van der Waals surface area contributed by atoms with Crippen LogP contribution in [0.5, 0.6) is 0 Å². The molecule has 54 heavy (non-hydrogen) atoms. The van der Waals surface area contributed by atoms with Gasteiger partial charge in [-0.1, -0.05) is 129 Å². The van der Waals surface area contributed by atoms with Gasteiger partial charge in [0.25, 0.3) is 0 Å². The molecule has 8 aromatic carbocycles. The first-order chi connectivity index (χ1) is 26.6. The van der Waals surface area contributed by atoms with Crippen LogP contribution in [0.25, 0.3) is 71.7 Å². The van der Waals surface area contributed by atoms with Crippen molar-refractivity contribution in [3.63, 3.8) is 0 Å². The van der Waals surface area contributed by atoms with Crippen molar-refractivity contribution in [1.82, 2.24) is 4.57 Å². The van der Waals surface area contributed by atoms with Gasteiger partial charge in [0.15, 0.2) is 5.58 Å². The van der Waals surface area contributed by atoms with E-state index in [1.807, 2.05) is 6.07 Å². The minimum absolute atomic E-state index is 0.0889. The Labute approximate surface area is 314 Å². The first-order valence-corrected chi connectivity index (χ1v) is 18.7. The molecular formula is C51H36N2O. The number of aromatic nitrogens is 1. The second kappa shape index (κ2) is 11.6. The standard InChI is InChI=1S/C51H36N2O/c1-51(2)44-22-12-9-19-38(44)39-30-29-37(31-45(39)51)52(34-15-5-3-6-16-34)36-27-25-33(26-28-36)42-32-43-40-20-11-14-24-47(40)54-50(43)49-48(42)41-21-10-13-23-46(41)53(49)35-17-7-4-8-18-35/h3-32H,1-2H3. The van der Waals surface area contributed by atoms with Crippen LogP contribution in [0.3, 0.4) is 0 Å². The van der Waals surface area contributed by atoms with Gasteiger partial charge in [-0.3, -0.25) is 0 Å². The number of anilines is 3. The quantitative estimate of drug-likeness (QED) is 0.179. The SMILES string of the molecule is CC1(C)c2ccccc2-c2ccc(N(c3ccccc3)c3ccc(-c4cc5c6ccccc6oc5c5c4c4ccccc4n5-c4ccccc4)cc3)cc21. The Morgan fingerprint density at radius 2 is 1.11 bits per heavy atom. The molecule has 0 saturated carbocycles. The Bertz CT molecular complexity index is 3060. The number of para-hydroxylation sites is 4. The molecule has 10 aromatic rings. The van der Waals surface area contributed by atoms with E-state index >= 15 is 0 Å². The molecule has 0 radical (unpaired) electrons. The van der Waals surface area contributed by atoms with Crippen LogP contribution in [0.15, 0.2) is 186 Å². The van der Waals surface area contributed by atoms with Gasteiger partial charge in [0.05, 0.1) is 11.0 Å². The molecule has 0 aliphatic heterocycles. The van der Waals surface area contributed by atoms with Crippen LogP contribution < -0.4 is 4.90 Å². The third kappa shape index (κ3) is 4.42. The summed E-state index contributed by atoms with van der Waals surface area (Å²) in [5, 5.41) is 4.62. The highest BCUT2D eigenvalue weighted by Crippen LogP contribution is 2.51. The van der Waals surface area contributed by atoms with Gasteiger partial charge in [0, 0.05) is 49.7 Å². The molecule has 2 aromatic heterocycles. The minimum atomic E-state index is -0.0889. The number of rotatable bonds is 5. The molecule has 0 amide bonds. The number of hydrogen-bond donors (Lipinski definition) is 0. The van der Waals surface area contributed by atoms with Gasteiger partial charge in [-0.15, -0.1) is 0 Å². The fraction of sp³-hybridized carbons (Fsp3) is 0.0588. The Kier molecular flexibility index (Phi) is 6.60. The largest absolute Gasteiger partial charge is 0.454 e. The monoisotopic (exact) mass is 692 g/mol. The van der Waals surface area contributed by atoms with Gasteiger partial charge < -0.3 is 13.9 Å². The van der Waals surface area contributed by atoms with E-state index in [-0.39, 0.29) is 5.41 Å². The maximum Gasteiger partial charge on any atom is 0.160 e. The van der Waals surface area contributed by atoms with E-state index in [9.17, 15) is 0 Å². The van der Waals surface area contributed by atoms with Crippen LogP contribution in [0, 0.1) is 0 Å². The highest BCUT2D eigenvalue weighted by atomic mass is 16.3. The fourth-order valence-corrected chi connectivity index (χ4v) is 9.05. The summed E-state index contributed by atoms with van der Waals surface area (Å²) in [7, 11) is 0. The summed E-state index contributed by atoms with van der Waals surface area (Å²) in [5.74, 6) is 0. The number of fused-ring (bicyclic) bond motifs is 10. The lowest BCUT2D eigenvalue weighted by Gasteiger charge is -2.28. The smallest absolute Gasteiger partial charge is 0.160 e. The summed E-state index contributed by atoms with van der Waals surface area (Å²) in [5.41, 5.74) is 16.2. The van der Waals surface area contributed by atoms with E-state index in [0.717, 1.165) is 61.3 Å². The molecule has 2 heterocycles. The molecule has 0 fully saturated rings. The number of hydrogen-bond acceptors (Lipinski definition) is 2. The molecule has 11 rings (SSSR count). The van der Waals surface area contributed by atoms with Crippen molar-refractivity contribution in [2.75, 3.05) is 4.90 Å². The molecule has 0 spiro atoms. The molecule has 0 unspecified atom stereocenters. The van der Waals surface area contributed by atoms with Crippen molar-refractivity contribution in [2.24, 2.45) is 0 Å². The van der Waals surface area contributed by atoms with Crippen molar-refractivity contribution >= 4 is 60.8 Å². The first-order valence-electron chi connectivity index (χ1n) is 18.7. The fourth-order valence-electron chi connectivity index (χ4n) is 9.05. The van der Waals surface area contributed by atoms with Crippen LogP contribution in [0.4, 0.5) is 17.1 Å². The summed E-state index contributed by atoms with van der Waals surface area (Å²) < 4.78 is 9.11. The first kappa shape index (κ1) is 30.8. The highest BCUT2D eigenvalue weighted by Gasteiger charge is 2.35. The normalized spacial score (nSPS) is 13.1. The zero-order valence-electron chi connectivity index (χ0n) is 30.1. The molecule has 0 N–H and O–H groups in total. The Hall–Kier alpha value is -6.84. The van der Waals surface area contributed by atoms with Crippen LogP contribution in [0.1, 0.15) is 25.0 Å². The van der Waals surface area contributed by atoms with Crippen molar-refractivity contribution in [1.29, 1.82) is 0 Å². The van der Waals surface area contributed by atoms with Gasteiger partial charge >= 0.3 is 0 Å². The second-order valence-electron chi connectivity index (χ2n) is 14.9. The molecular weight excluding hydrogens is 657 g/mol. The Morgan fingerprint density at radius 3 is 1.93 bits per heavy atom. The lowest BCUT2D eigenvalue weighted by Crippen LogP contribution is -2.16. The van der Waals surface area contributed by atoms with Gasteiger partial charge in [0.2, 0.25) is 0 Å². The molecule has 3 nitrogen and oxygen atoms in total. The molecule has 3 heteroatoms. The lowest BCUT2D eigenvalue weighted by molar-refractivity contribution is 0.660. The van der Waals surface area contributed by atoms with Crippen molar-refractivity contribution in [2.45, 2.75) is 19.3 Å².